The number of anilines is 1. The quantitative estimate of drug-likeness (QED) is 0.615. The molecule has 0 unspecified atom stereocenters. The Bertz CT molecular complexity index is 1230. The number of hydrogen-bond donors (Lipinski definition) is 0. The average molecular weight is 445 g/mol. The fourth-order valence-electron chi connectivity index (χ4n) is 4.19. The maximum Gasteiger partial charge on any atom is 0.414 e. The van der Waals surface area contributed by atoms with Crippen molar-refractivity contribution in [2.24, 2.45) is 0 Å². The molecule has 5 rings (SSSR count). The molecule has 0 radical (unpaired) electrons. The molecule has 0 atom stereocenters. The van der Waals surface area contributed by atoms with Gasteiger partial charge in [0.15, 0.2) is 0 Å². The van der Waals surface area contributed by atoms with Crippen molar-refractivity contribution in [3.05, 3.63) is 47.5 Å². The number of rotatable bonds is 3. The number of carbonyl (C=O) groups excluding carboxylic acids is 1. The van der Waals surface area contributed by atoms with Crippen LogP contribution in [0.1, 0.15) is 24.0 Å². The number of fused-ring (bicyclic) bond motifs is 2. The zero-order valence-electron chi connectivity index (χ0n) is 16.3. The van der Waals surface area contributed by atoms with E-state index >= 15 is 0 Å². The lowest BCUT2D eigenvalue weighted by molar-refractivity contribution is 0.135. The Hall–Kier alpha value is -2.56. The number of sulfonamides is 1. The van der Waals surface area contributed by atoms with Crippen LogP contribution in [-0.4, -0.2) is 46.7 Å². The van der Waals surface area contributed by atoms with E-state index in [0.29, 0.717) is 37.0 Å². The van der Waals surface area contributed by atoms with Gasteiger partial charge in [0.2, 0.25) is 10.0 Å². The van der Waals surface area contributed by atoms with E-state index in [2.05, 4.69) is 8.75 Å². The summed E-state index contributed by atoms with van der Waals surface area (Å²) in [5.74, 6) is 0. The molecule has 1 saturated heterocycles. The number of nitrogens with zero attached hydrogens (tertiary/aromatic N) is 4. The lowest BCUT2D eigenvalue weighted by Gasteiger charge is -2.39. The summed E-state index contributed by atoms with van der Waals surface area (Å²) in [7, 11) is -3.69. The first-order valence-electron chi connectivity index (χ1n) is 9.72. The Morgan fingerprint density at radius 2 is 1.93 bits per heavy atom. The number of benzene rings is 2. The molecule has 0 N–H and O–H groups in total. The van der Waals surface area contributed by atoms with Crippen LogP contribution in [0.5, 0.6) is 0 Å². The molecular weight excluding hydrogens is 424 g/mol. The Labute approximate surface area is 178 Å². The summed E-state index contributed by atoms with van der Waals surface area (Å²) in [6.45, 7) is 2.92. The van der Waals surface area contributed by atoms with Crippen LogP contribution >= 0.6 is 11.7 Å². The first kappa shape index (κ1) is 19.4. The maximum absolute atomic E-state index is 13.2. The van der Waals surface area contributed by atoms with E-state index in [-0.39, 0.29) is 23.6 Å². The molecule has 8 nitrogen and oxygen atoms in total. The molecule has 1 amide bonds. The largest absolute Gasteiger partial charge is 0.444 e. The average Bonchev–Trinajstić information content (AvgIpc) is 3.23. The molecule has 2 aliphatic heterocycles. The molecule has 1 fully saturated rings. The normalized spacial score (nSPS) is 18.4. The molecule has 2 aliphatic rings. The Kier molecular flexibility index (Phi) is 4.72. The molecule has 0 saturated carbocycles. The van der Waals surface area contributed by atoms with E-state index in [9.17, 15) is 13.2 Å². The summed E-state index contributed by atoms with van der Waals surface area (Å²) in [4.78, 5) is 14.4. The van der Waals surface area contributed by atoms with Gasteiger partial charge in [-0.2, -0.15) is 13.1 Å². The van der Waals surface area contributed by atoms with Crippen molar-refractivity contribution in [3.8, 4) is 0 Å². The third kappa shape index (κ3) is 3.15. The predicted octanol–water partition coefficient (Wildman–Crippen LogP) is 3.31. The van der Waals surface area contributed by atoms with Crippen LogP contribution in [0.3, 0.4) is 0 Å². The number of ether oxygens (including phenoxy) is 1. The number of piperidine rings is 1. The highest BCUT2D eigenvalue weighted by molar-refractivity contribution is 7.89. The first-order chi connectivity index (χ1) is 14.4. The Balaban J connectivity index is 1.38. The minimum Gasteiger partial charge on any atom is -0.444 e. The van der Waals surface area contributed by atoms with Crippen LogP contribution in [0.25, 0.3) is 11.0 Å². The lowest BCUT2D eigenvalue weighted by atomic mass is 10.0. The molecule has 0 aliphatic carbocycles. The van der Waals surface area contributed by atoms with Gasteiger partial charge in [0, 0.05) is 24.7 Å². The maximum atomic E-state index is 13.2. The predicted molar refractivity (Wildman–Crippen MR) is 113 cm³/mol. The summed E-state index contributed by atoms with van der Waals surface area (Å²) < 4.78 is 41.6. The second-order valence-electron chi connectivity index (χ2n) is 7.58. The topological polar surface area (TPSA) is 92.7 Å². The summed E-state index contributed by atoms with van der Waals surface area (Å²) in [5, 5.41) is 0. The van der Waals surface area contributed by atoms with Gasteiger partial charge in [-0.25, -0.2) is 13.2 Å². The van der Waals surface area contributed by atoms with Crippen molar-refractivity contribution in [1.82, 2.24) is 13.1 Å². The summed E-state index contributed by atoms with van der Waals surface area (Å²) in [6, 6.07) is 10.9. The van der Waals surface area contributed by atoms with Crippen molar-refractivity contribution < 1.29 is 17.9 Å². The van der Waals surface area contributed by atoms with Crippen LogP contribution in [0.2, 0.25) is 0 Å². The van der Waals surface area contributed by atoms with Gasteiger partial charge in [0.05, 0.1) is 17.4 Å². The van der Waals surface area contributed by atoms with E-state index in [0.717, 1.165) is 28.5 Å². The number of aromatic nitrogens is 2. The molecular formula is C20H20N4O4S2. The molecule has 0 bridgehead atoms. The van der Waals surface area contributed by atoms with Gasteiger partial charge in [0.25, 0.3) is 0 Å². The highest BCUT2D eigenvalue weighted by Gasteiger charge is 2.37. The molecule has 3 aromatic rings. The van der Waals surface area contributed by atoms with Gasteiger partial charge in [-0.15, -0.1) is 0 Å². The van der Waals surface area contributed by atoms with Crippen LogP contribution < -0.4 is 4.90 Å². The Morgan fingerprint density at radius 3 is 2.73 bits per heavy atom. The highest BCUT2D eigenvalue weighted by atomic mass is 32.2. The number of amides is 1. The summed E-state index contributed by atoms with van der Waals surface area (Å²) in [6.07, 6.45) is 0.700. The van der Waals surface area contributed by atoms with Gasteiger partial charge in [-0.05, 0) is 38.0 Å². The number of carbonyl (C=O) groups is 1. The zero-order chi connectivity index (χ0) is 20.9. The summed E-state index contributed by atoms with van der Waals surface area (Å²) >= 11 is 1.00. The molecule has 30 heavy (non-hydrogen) atoms. The van der Waals surface area contributed by atoms with Crippen molar-refractivity contribution in [2.45, 2.75) is 37.3 Å². The fraction of sp³-hybridized carbons (Fsp3) is 0.350. The third-order valence-corrected chi connectivity index (χ3v) is 8.17. The molecule has 156 valence electrons. The van der Waals surface area contributed by atoms with E-state index < -0.39 is 10.0 Å². The van der Waals surface area contributed by atoms with Crippen LogP contribution in [-0.2, 0) is 21.4 Å². The molecule has 1 aromatic heterocycles. The zero-order valence-corrected chi connectivity index (χ0v) is 17.9. The molecule has 10 heteroatoms. The summed E-state index contributed by atoms with van der Waals surface area (Å²) in [5.41, 5.74) is 3.94. The van der Waals surface area contributed by atoms with Gasteiger partial charge < -0.3 is 4.74 Å². The van der Waals surface area contributed by atoms with Crippen LogP contribution in [0.15, 0.2) is 41.3 Å². The monoisotopic (exact) mass is 444 g/mol. The molecule has 0 spiro atoms. The van der Waals surface area contributed by atoms with E-state index in [4.69, 9.17) is 4.74 Å². The SMILES string of the molecule is Cc1ccc2c(c1)COC(=O)N2C1CCN(S(=O)(=O)c2cccc3nsnc23)CC1. The minimum atomic E-state index is -3.69. The molecule has 3 heterocycles. The second-order valence-corrected chi connectivity index (χ2v) is 10.0. The van der Waals surface area contributed by atoms with Crippen molar-refractivity contribution >= 4 is 44.6 Å². The minimum absolute atomic E-state index is 0.109. The number of hydrogen-bond acceptors (Lipinski definition) is 7. The van der Waals surface area contributed by atoms with Crippen LogP contribution in [0, 0.1) is 6.92 Å². The van der Waals surface area contributed by atoms with Gasteiger partial charge in [-0.3, -0.25) is 4.90 Å². The second kappa shape index (κ2) is 7.29. The van der Waals surface area contributed by atoms with Gasteiger partial charge in [0.1, 0.15) is 22.5 Å². The first-order valence-corrected chi connectivity index (χ1v) is 11.9. The van der Waals surface area contributed by atoms with E-state index in [1.165, 1.54) is 4.31 Å². The van der Waals surface area contributed by atoms with Crippen molar-refractivity contribution in [1.29, 1.82) is 0 Å². The standard InChI is InChI=1S/C20H20N4O4S2/c1-13-5-6-17-14(11-13)12-28-20(25)24(17)15-7-9-23(10-8-15)30(26,27)18-4-2-3-16-19(18)22-29-21-16/h2-6,11,15H,7-10,12H2,1H3. The van der Waals surface area contributed by atoms with Gasteiger partial charge >= 0.3 is 6.09 Å². The fourth-order valence-corrected chi connectivity index (χ4v) is 6.41. The third-order valence-electron chi connectivity index (χ3n) is 5.70. The van der Waals surface area contributed by atoms with Crippen LogP contribution in [0.4, 0.5) is 10.5 Å². The van der Waals surface area contributed by atoms with Gasteiger partial charge in [-0.1, -0.05) is 23.8 Å². The van der Waals surface area contributed by atoms with Crippen molar-refractivity contribution in [3.63, 3.8) is 0 Å². The smallest absolute Gasteiger partial charge is 0.414 e. The Morgan fingerprint density at radius 1 is 1.13 bits per heavy atom. The highest BCUT2D eigenvalue weighted by Crippen LogP contribution is 2.34. The lowest BCUT2D eigenvalue weighted by Crippen LogP contribution is -2.50. The number of cyclic esters (lactones) is 1. The van der Waals surface area contributed by atoms with E-state index in [1.54, 1.807) is 23.1 Å². The van der Waals surface area contributed by atoms with Crippen molar-refractivity contribution in [2.75, 3.05) is 18.0 Å². The number of aryl methyl sites for hydroxylation is 1. The van der Waals surface area contributed by atoms with E-state index in [1.807, 2.05) is 25.1 Å². The molecule has 2 aromatic carbocycles.